The van der Waals surface area contributed by atoms with Crippen LogP contribution in [0.5, 0.6) is 17.4 Å². The zero-order valence-electron chi connectivity index (χ0n) is 19.8. The smallest absolute Gasteiger partial charge is 0.262 e. The van der Waals surface area contributed by atoms with E-state index in [1.807, 2.05) is 55.5 Å². The molecule has 0 saturated carbocycles. The monoisotopic (exact) mass is 489 g/mol. The van der Waals surface area contributed by atoms with Gasteiger partial charge in [-0.3, -0.25) is 4.79 Å². The molecule has 180 valence electrons. The molecule has 0 spiro atoms. The standard InChI is InChI=1S/C27H27N3O4S/c1-3-33-20-14-10-18(11-15-20)28-23(31)16-34-26-24-21-6-4-5-7-22(21)35-27(24)30-25(29-26)17-8-12-19(32-2)13-9-17/h8-15H,3-7,16H2,1-2H3,(H,28,31). The van der Waals surface area contributed by atoms with E-state index in [1.165, 1.54) is 16.9 Å². The number of carbonyl (C=O) groups is 1. The molecule has 2 heterocycles. The highest BCUT2D eigenvalue weighted by Crippen LogP contribution is 2.40. The lowest BCUT2D eigenvalue weighted by Crippen LogP contribution is -2.20. The van der Waals surface area contributed by atoms with Gasteiger partial charge in [-0.25, -0.2) is 4.98 Å². The minimum atomic E-state index is -0.254. The molecule has 2 aromatic heterocycles. The lowest BCUT2D eigenvalue weighted by Gasteiger charge is -2.13. The molecule has 5 rings (SSSR count). The van der Waals surface area contributed by atoms with E-state index in [2.05, 4.69) is 5.32 Å². The summed E-state index contributed by atoms with van der Waals surface area (Å²) in [6.45, 7) is 2.38. The Kier molecular flexibility index (Phi) is 6.81. The molecule has 0 unspecified atom stereocenters. The number of aryl methyl sites for hydroxylation is 2. The molecule has 0 radical (unpaired) electrons. The van der Waals surface area contributed by atoms with Gasteiger partial charge in [-0.15, -0.1) is 11.3 Å². The van der Waals surface area contributed by atoms with Crippen molar-refractivity contribution in [1.29, 1.82) is 0 Å². The van der Waals surface area contributed by atoms with Crippen LogP contribution in [-0.2, 0) is 17.6 Å². The Balaban J connectivity index is 1.41. The fourth-order valence-electron chi connectivity index (χ4n) is 4.23. The second kappa shape index (κ2) is 10.3. The van der Waals surface area contributed by atoms with E-state index in [4.69, 9.17) is 24.2 Å². The first kappa shape index (κ1) is 23.1. The lowest BCUT2D eigenvalue weighted by atomic mass is 9.97. The Bertz CT molecular complexity index is 1330. The van der Waals surface area contributed by atoms with Crippen LogP contribution in [-0.4, -0.2) is 36.2 Å². The highest BCUT2D eigenvalue weighted by Gasteiger charge is 2.23. The fraction of sp³-hybridized carbons (Fsp3) is 0.296. The normalized spacial score (nSPS) is 12.7. The van der Waals surface area contributed by atoms with Crippen molar-refractivity contribution in [3.8, 4) is 28.8 Å². The van der Waals surface area contributed by atoms with Crippen LogP contribution in [0.25, 0.3) is 21.6 Å². The van der Waals surface area contributed by atoms with Gasteiger partial charge in [-0.05, 0) is 86.7 Å². The number of nitrogens with one attached hydrogen (secondary N) is 1. The van der Waals surface area contributed by atoms with Gasteiger partial charge in [0, 0.05) is 16.1 Å². The number of anilines is 1. The Morgan fingerprint density at radius 2 is 1.71 bits per heavy atom. The van der Waals surface area contributed by atoms with E-state index in [0.717, 1.165) is 46.5 Å². The molecular formula is C27H27N3O4S. The van der Waals surface area contributed by atoms with Gasteiger partial charge in [0.1, 0.15) is 16.3 Å². The third-order valence-electron chi connectivity index (χ3n) is 5.92. The third kappa shape index (κ3) is 5.07. The van der Waals surface area contributed by atoms with E-state index in [1.54, 1.807) is 18.4 Å². The van der Waals surface area contributed by atoms with Crippen molar-refractivity contribution in [3.63, 3.8) is 0 Å². The van der Waals surface area contributed by atoms with E-state index < -0.39 is 0 Å². The Morgan fingerprint density at radius 1 is 0.971 bits per heavy atom. The zero-order chi connectivity index (χ0) is 24.2. The van der Waals surface area contributed by atoms with E-state index in [9.17, 15) is 4.79 Å². The molecule has 35 heavy (non-hydrogen) atoms. The number of carbonyl (C=O) groups excluding carboxylic acids is 1. The number of hydrogen-bond donors (Lipinski definition) is 1. The van der Waals surface area contributed by atoms with Gasteiger partial charge in [-0.2, -0.15) is 4.98 Å². The predicted octanol–water partition coefficient (Wildman–Crippen LogP) is 5.66. The van der Waals surface area contributed by atoms with Crippen LogP contribution in [0.2, 0.25) is 0 Å². The number of fused-ring (bicyclic) bond motifs is 3. The Hall–Kier alpha value is -3.65. The summed E-state index contributed by atoms with van der Waals surface area (Å²) < 4.78 is 16.8. The molecule has 1 aliphatic carbocycles. The zero-order valence-corrected chi connectivity index (χ0v) is 20.6. The van der Waals surface area contributed by atoms with Gasteiger partial charge < -0.3 is 19.5 Å². The SMILES string of the molecule is CCOc1ccc(NC(=O)COc2nc(-c3ccc(OC)cc3)nc3sc4c(c23)CCCC4)cc1. The molecule has 7 nitrogen and oxygen atoms in total. The van der Waals surface area contributed by atoms with Crippen molar-refractivity contribution in [1.82, 2.24) is 9.97 Å². The van der Waals surface area contributed by atoms with Crippen LogP contribution in [0, 0.1) is 0 Å². The van der Waals surface area contributed by atoms with Crippen molar-refractivity contribution in [2.45, 2.75) is 32.6 Å². The maximum Gasteiger partial charge on any atom is 0.262 e. The van der Waals surface area contributed by atoms with E-state index >= 15 is 0 Å². The van der Waals surface area contributed by atoms with Crippen LogP contribution >= 0.6 is 11.3 Å². The van der Waals surface area contributed by atoms with Gasteiger partial charge in [0.15, 0.2) is 12.4 Å². The van der Waals surface area contributed by atoms with Gasteiger partial charge in [0.2, 0.25) is 5.88 Å². The van der Waals surface area contributed by atoms with Crippen molar-refractivity contribution in [2.24, 2.45) is 0 Å². The maximum absolute atomic E-state index is 12.7. The van der Waals surface area contributed by atoms with Crippen LogP contribution in [0.1, 0.15) is 30.2 Å². The number of rotatable bonds is 8. The lowest BCUT2D eigenvalue weighted by molar-refractivity contribution is -0.118. The fourth-order valence-corrected chi connectivity index (χ4v) is 5.48. The summed E-state index contributed by atoms with van der Waals surface area (Å²) in [5.74, 6) is 2.31. The summed E-state index contributed by atoms with van der Waals surface area (Å²) in [4.78, 5) is 24.5. The van der Waals surface area contributed by atoms with Gasteiger partial charge in [0.05, 0.1) is 19.1 Å². The van der Waals surface area contributed by atoms with Gasteiger partial charge in [0.25, 0.3) is 5.91 Å². The number of thiophene rings is 1. The van der Waals surface area contributed by atoms with Crippen molar-refractivity contribution in [2.75, 3.05) is 25.6 Å². The number of aromatic nitrogens is 2. The second-order valence-electron chi connectivity index (χ2n) is 8.27. The summed E-state index contributed by atoms with van der Waals surface area (Å²) in [5.41, 5.74) is 2.81. The number of benzene rings is 2. The number of ether oxygens (including phenoxy) is 3. The summed E-state index contributed by atoms with van der Waals surface area (Å²) in [6, 6.07) is 14.9. The highest BCUT2D eigenvalue weighted by molar-refractivity contribution is 7.18. The first-order valence-electron chi connectivity index (χ1n) is 11.8. The van der Waals surface area contributed by atoms with Gasteiger partial charge in [-0.1, -0.05) is 0 Å². The van der Waals surface area contributed by atoms with Gasteiger partial charge >= 0.3 is 0 Å². The Labute approximate surface area is 208 Å². The summed E-state index contributed by atoms with van der Waals surface area (Å²) in [6.07, 6.45) is 4.34. The average Bonchev–Trinajstić information content (AvgIpc) is 3.27. The van der Waals surface area contributed by atoms with Crippen molar-refractivity contribution < 1.29 is 19.0 Å². The van der Waals surface area contributed by atoms with Crippen molar-refractivity contribution in [3.05, 3.63) is 59.0 Å². The Morgan fingerprint density at radius 3 is 2.46 bits per heavy atom. The molecule has 0 atom stereocenters. The summed E-state index contributed by atoms with van der Waals surface area (Å²) >= 11 is 1.70. The summed E-state index contributed by atoms with van der Waals surface area (Å²) in [7, 11) is 1.64. The minimum absolute atomic E-state index is 0.147. The molecule has 0 saturated heterocycles. The van der Waals surface area contributed by atoms with Crippen LogP contribution in [0.4, 0.5) is 5.69 Å². The molecule has 0 aliphatic heterocycles. The quantitative estimate of drug-likeness (QED) is 0.344. The molecule has 2 aromatic carbocycles. The first-order chi connectivity index (χ1) is 17.1. The third-order valence-corrected chi connectivity index (χ3v) is 7.10. The highest BCUT2D eigenvalue weighted by atomic mass is 32.1. The first-order valence-corrected chi connectivity index (χ1v) is 12.6. The summed E-state index contributed by atoms with van der Waals surface area (Å²) in [5, 5.41) is 3.81. The number of methoxy groups -OCH3 is 1. The average molecular weight is 490 g/mol. The molecule has 0 bridgehead atoms. The van der Waals surface area contributed by atoms with E-state index in [0.29, 0.717) is 24.0 Å². The molecular weight excluding hydrogens is 462 g/mol. The molecule has 1 aliphatic rings. The molecule has 1 amide bonds. The molecule has 4 aromatic rings. The van der Waals surface area contributed by atoms with Crippen LogP contribution < -0.4 is 19.5 Å². The van der Waals surface area contributed by atoms with E-state index in [-0.39, 0.29) is 12.5 Å². The van der Waals surface area contributed by atoms with Crippen LogP contribution in [0.3, 0.4) is 0 Å². The molecule has 0 fully saturated rings. The number of nitrogens with zero attached hydrogens (tertiary/aromatic N) is 2. The van der Waals surface area contributed by atoms with Crippen molar-refractivity contribution >= 4 is 33.1 Å². The van der Waals surface area contributed by atoms with Crippen LogP contribution in [0.15, 0.2) is 48.5 Å². The molecule has 1 N–H and O–H groups in total. The minimum Gasteiger partial charge on any atom is -0.497 e. The maximum atomic E-state index is 12.7. The topological polar surface area (TPSA) is 82.6 Å². The largest absolute Gasteiger partial charge is 0.497 e. The molecule has 8 heteroatoms. The predicted molar refractivity (Wildman–Crippen MR) is 138 cm³/mol. The second-order valence-corrected chi connectivity index (χ2v) is 9.35. The number of hydrogen-bond acceptors (Lipinski definition) is 7. The number of amides is 1.